The van der Waals surface area contributed by atoms with Crippen LogP contribution in [0.25, 0.3) is 0 Å². The van der Waals surface area contributed by atoms with Gasteiger partial charge in [0.25, 0.3) is 0 Å². The molecule has 0 radical (unpaired) electrons. The smallest absolute Gasteiger partial charge is 0.237 e. The second-order valence-electron chi connectivity index (χ2n) is 6.65. The van der Waals surface area contributed by atoms with E-state index in [0.29, 0.717) is 26.2 Å². The van der Waals surface area contributed by atoms with Gasteiger partial charge < -0.3 is 20.2 Å². The Hall–Kier alpha value is -2.15. The number of rotatable bonds is 7. The van der Waals surface area contributed by atoms with Gasteiger partial charge in [-0.15, -0.1) is 0 Å². The second kappa shape index (κ2) is 8.98. The summed E-state index contributed by atoms with van der Waals surface area (Å²) < 4.78 is 11.3. The molecule has 1 fully saturated rings. The number of nitrogens with two attached hydrogens (primary N) is 1. The standard InChI is InChI=1S/C20H27N3O3/c1-15-7-8-19(26-15)18(23-9-11-25-12-10-23)14-22-20(24)17(21)13-16-5-3-2-4-6-16/h2-8,17-18H,9-14,21H2,1H3,(H,22,24). The van der Waals surface area contributed by atoms with E-state index in [2.05, 4.69) is 10.2 Å². The van der Waals surface area contributed by atoms with Gasteiger partial charge in [-0.2, -0.15) is 0 Å². The van der Waals surface area contributed by atoms with Gasteiger partial charge in [0.15, 0.2) is 0 Å². The van der Waals surface area contributed by atoms with Crippen LogP contribution in [0.1, 0.15) is 23.1 Å². The van der Waals surface area contributed by atoms with Crippen LogP contribution in [0.15, 0.2) is 46.9 Å². The van der Waals surface area contributed by atoms with Crippen LogP contribution >= 0.6 is 0 Å². The van der Waals surface area contributed by atoms with E-state index in [-0.39, 0.29) is 11.9 Å². The topological polar surface area (TPSA) is 80.7 Å². The number of carbonyl (C=O) groups is 1. The first-order valence-electron chi connectivity index (χ1n) is 9.09. The number of carbonyl (C=O) groups excluding carboxylic acids is 1. The normalized spacial score (nSPS) is 17.6. The predicted molar refractivity (Wildman–Crippen MR) is 99.7 cm³/mol. The van der Waals surface area contributed by atoms with E-state index in [1.807, 2.05) is 49.4 Å². The van der Waals surface area contributed by atoms with Gasteiger partial charge in [0, 0.05) is 19.6 Å². The molecular weight excluding hydrogens is 330 g/mol. The lowest BCUT2D eigenvalue weighted by molar-refractivity contribution is -0.122. The number of nitrogens with zero attached hydrogens (tertiary/aromatic N) is 1. The summed E-state index contributed by atoms with van der Waals surface area (Å²) >= 11 is 0. The van der Waals surface area contributed by atoms with Crippen LogP contribution in [-0.2, 0) is 16.0 Å². The van der Waals surface area contributed by atoms with E-state index in [1.165, 1.54) is 0 Å². The Morgan fingerprint density at radius 1 is 1.19 bits per heavy atom. The largest absolute Gasteiger partial charge is 0.465 e. The number of nitrogens with one attached hydrogen (secondary N) is 1. The first kappa shape index (κ1) is 18.6. The molecule has 2 heterocycles. The van der Waals surface area contributed by atoms with Crippen molar-refractivity contribution in [2.24, 2.45) is 5.73 Å². The molecule has 0 saturated carbocycles. The van der Waals surface area contributed by atoms with E-state index in [1.54, 1.807) is 0 Å². The average Bonchev–Trinajstić information content (AvgIpc) is 3.09. The minimum Gasteiger partial charge on any atom is -0.465 e. The first-order valence-corrected chi connectivity index (χ1v) is 9.09. The second-order valence-corrected chi connectivity index (χ2v) is 6.65. The molecule has 1 amide bonds. The van der Waals surface area contributed by atoms with Crippen LogP contribution in [0.2, 0.25) is 0 Å². The zero-order valence-electron chi connectivity index (χ0n) is 15.2. The summed E-state index contributed by atoms with van der Waals surface area (Å²) in [6.07, 6.45) is 0.523. The maximum atomic E-state index is 12.5. The highest BCUT2D eigenvalue weighted by molar-refractivity contribution is 5.81. The van der Waals surface area contributed by atoms with Crippen LogP contribution in [-0.4, -0.2) is 49.7 Å². The van der Waals surface area contributed by atoms with Crippen molar-refractivity contribution in [3.05, 3.63) is 59.5 Å². The Bertz CT molecular complexity index is 695. The Labute approximate surface area is 154 Å². The summed E-state index contributed by atoms with van der Waals surface area (Å²) in [5.41, 5.74) is 7.14. The number of benzene rings is 1. The molecule has 1 aliphatic rings. The number of aryl methyl sites for hydroxylation is 1. The molecule has 1 saturated heterocycles. The molecule has 26 heavy (non-hydrogen) atoms. The third-order valence-corrected chi connectivity index (χ3v) is 4.68. The number of hydrogen-bond acceptors (Lipinski definition) is 5. The summed E-state index contributed by atoms with van der Waals surface area (Å²) in [5.74, 6) is 1.59. The lowest BCUT2D eigenvalue weighted by atomic mass is 10.1. The Kier molecular flexibility index (Phi) is 6.44. The van der Waals surface area contributed by atoms with E-state index >= 15 is 0 Å². The van der Waals surface area contributed by atoms with Crippen LogP contribution in [0, 0.1) is 6.92 Å². The first-order chi connectivity index (χ1) is 12.6. The fourth-order valence-corrected chi connectivity index (χ4v) is 3.22. The van der Waals surface area contributed by atoms with Gasteiger partial charge in [0.2, 0.25) is 5.91 Å². The SMILES string of the molecule is Cc1ccc(C(CNC(=O)C(N)Cc2ccccc2)N2CCOCC2)o1. The molecule has 0 aliphatic carbocycles. The maximum absolute atomic E-state index is 12.5. The summed E-state index contributed by atoms with van der Waals surface area (Å²) in [5, 5.41) is 3.00. The monoisotopic (exact) mass is 357 g/mol. The number of amides is 1. The third-order valence-electron chi connectivity index (χ3n) is 4.68. The fraction of sp³-hybridized carbons (Fsp3) is 0.450. The zero-order valence-corrected chi connectivity index (χ0v) is 15.2. The van der Waals surface area contributed by atoms with Gasteiger partial charge >= 0.3 is 0 Å². The van der Waals surface area contributed by atoms with Crippen molar-refractivity contribution in [1.29, 1.82) is 0 Å². The molecule has 2 aromatic rings. The molecule has 140 valence electrons. The quantitative estimate of drug-likeness (QED) is 0.787. The molecule has 1 aliphatic heterocycles. The molecule has 0 bridgehead atoms. The van der Waals surface area contributed by atoms with Gasteiger partial charge in [-0.3, -0.25) is 9.69 Å². The van der Waals surface area contributed by atoms with E-state index in [9.17, 15) is 4.79 Å². The van der Waals surface area contributed by atoms with Crippen LogP contribution in [0.3, 0.4) is 0 Å². The summed E-state index contributed by atoms with van der Waals surface area (Å²) in [6, 6.07) is 13.2. The molecule has 6 nitrogen and oxygen atoms in total. The molecule has 6 heteroatoms. The predicted octanol–water partition coefficient (Wildman–Crippen LogP) is 1.65. The van der Waals surface area contributed by atoms with Crippen LogP contribution in [0.5, 0.6) is 0 Å². The van der Waals surface area contributed by atoms with E-state index in [0.717, 1.165) is 30.2 Å². The van der Waals surface area contributed by atoms with Crippen molar-refractivity contribution >= 4 is 5.91 Å². The number of ether oxygens (including phenoxy) is 1. The van der Waals surface area contributed by atoms with E-state index in [4.69, 9.17) is 14.9 Å². The Morgan fingerprint density at radius 2 is 1.92 bits per heavy atom. The average molecular weight is 357 g/mol. The van der Waals surface area contributed by atoms with Gasteiger partial charge in [0.05, 0.1) is 25.3 Å². The molecule has 0 spiro atoms. The van der Waals surface area contributed by atoms with Gasteiger partial charge in [0.1, 0.15) is 11.5 Å². The molecule has 1 aromatic heterocycles. The number of morpholine rings is 1. The van der Waals surface area contributed by atoms with Crippen molar-refractivity contribution in [1.82, 2.24) is 10.2 Å². The third kappa shape index (κ3) is 4.94. The summed E-state index contributed by atoms with van der Waals surface area (Å²) in [7, 11) is 0. The van der Waals surface area contributed by atoms with Crippen molar-refractivity contribution in [2.75, 3.05) is 32.8 Å². The lowest BCUT2D eigenvalue weighted by Crippen LogP contribution is -2.47. The van der Waals surface area contributed by atoms with Crippen molar-refractivity contribution < 1.29 is 13.9 Å². The number of furan rings is 1. The molecule has 3 N–H and O–H groups in total. The summed E-state index contributed by atoms with van der Waals surface area (Å²) in [4.78, 5) is 14.7. The number of hydrogen-bond donors (Lipinski definition) is 2. The molecule has 3 rings (SSSR count). The minimum absolute atomic E-state index is 0.0134. The molecule has 2 atom stereocenters. The Morgan fingerprint density at radius 3 is 2.58 bits per heavy atom. The maximum Gasteiger partial charge on any atom is 0.237 e. The van der Waals surface area contributed by atoms with Gasteiger partial charge in [-0.25, -0.2) is 0 Å². The minimum atomic E-state index is -0.568. The molecule has 2 unspecified atom stereocenters. The van der Waals surface area contributed by atoms with Crippen molar-refractivity contribution in [3.8, 4) is 0 Å². The van der Waals surface area contributed by atoms with Crippen molar-refractivity contribution in [2.45, 2.75) is 25.4 Å². The van der Waals surface area contributed by atoms with Crippen LogP contribution < -0.4 is 11.1 Å². The highest BCUT2D eigenvalue weighted by Crippen LogP contribution is 2.23. The Balaban J connectivity index is 1.60. The van der Waals surface area contributed by atoms with Crippen LogP contribution in [0.4, 0.5) is 0 Å². The van der Waals surface area contributed by atoms with Crippen molar-refractivity contribution in [3.63, 3.8) is 0 Å². The molecule has 1 aromatic carbocycles. The zero-order chi connectivity index (χ0) is 18.4. The molecular formula is C20H27N3O3. The van der Waals surface area contributed by atoms with Gasteiger partial charge in [-0.05, 0) is 31.0 Å². The highest BCUT2D eigenvalue weighted by Gasteiger charge is 2.26. The lowest BCUT2D eigenvalue weighted by Gasteiger charge is -2.33. The van der Waals surface area contributed by atoms with Gasteiger partial charge in [-0.1, -0.05) is 30.3 Å². The fourth-order valence-electron chi connectivity index (χ4n) is 3.22. The highest BCUT2D eigenvalue weighted by atomic mass is 16.5. The van der Waals surface area contributed by atoms with E-state index < -0.39 is 6.04 Å². The summed E-state index contributed by atoms with van der Waals surface area (Å²) in [6.45, 7) is 5.41.